The number of nitrogens with one attached hydrogen (secondary N) is 1. The molecule has 0 fully saturated rings. The lowest BCUT2D eigenvalue weighted by molar-refractivity contribution is 0.0953. The fourth-order valence-corrected chi connectivity index (χ4v) is 4.12. The van der Waals surface area contributed by atoms with E-state index in [1.807, 2.05) is 0 Å². The van der Waals surface area contributed by atoms with Crippen LogP contribution in [0.5, 0.6) is 0 Å². The minimum atomic E-state index is -0.179. The molecule has 102 valence electrons. The van der Waals surface area contributed by atoms with Gasteiger partial charge in [0.1, 0.15) is 4.34 Å². The Bertz CT molecular complexity index is 428. The van der Waals surface area contributed by atoms with Gasteiger partial charge in [0.05, 0.1) is 9.90 Å². The molecule has 1 heterocycles. The first kappa shape index (κ1) is 16.3. The van der Waals surface area contributed by atoms with Crippen LogP contribution in [0.25, 0.3) is 0 Å². The van der Waals surface area contributed by atoms with Gasteiger partial charge in [0.15, 0.2) is 0 Å². The highest BCUT2D eigenvalue weighted by Crippen LogP contribution is 2.31. The van der Waals surface area contributed by atoms with E-state index in [9.17, 15) is 4.79 Å². The number of halogens is 3. The largest absolute Gasteiger partial charge is 0.351 e. The van der Waals surface area contributed by atoms with E-state index in [0.717, 1.165) is 6.42 Å². The van der Waals surface area contributed by atoms with Crippen molar-refractivity contribution in [3.05, 3.63) is 20.3 Å². The number of carbonyl (C=O) groups excluding carboxylic acids is 1. The third-order valence-electron chi connectivity index (χ3n) is 2.22. The van der Waals surface area contributed by atoms with E-state index in [1.54, 1.807) is 6.07 Å². The van der Waals surface area contributed by atoms with Crippen molar-refractivity contribution in [3.8, 4) is 0 Å². The number of hydrogen-bond acceptors (Lipinski definition) is 2. The van der Waals surface area contributed by atoms with Gasteiger partial charge >= 0.3 is 0 Å². The quantitative estimate of drug-likeness (QED) is 0.741. The summed E-state index contributed by atoms with van der Waals surface area (Å²) in [7, 11) is 0. The smallest absolute Gasteiger partial charge is 0.253 e. The van der Waals surface area contributed by atoms with Gasteiger partial charge in [-0.1, -0.05) is 59.9 Å². The number of rotatable bonds is 4. The molecule has 1 N–H and O–H groups in total. The van der Waals surface area contributed by atoms with Gasteiger partial charge in [-0.05, 0) is 17.9 Å². The second-order valence-electron chi connectivity index (χ2n) is 5.31. The van der Waals surface area contributed by atoms with Crippen LogP contribution in [0, 0.1) is 5.41 Å². The molecule has 1 unspecified atom stereocenters. The van der Waals surface area contributed by atoms with Gasteiger partial charge in [0.2, 0.25) is 0 Å². The second-order valence-corrected chi connectivity index (χ2v) is 8.89. The first-order valence-electron chi connectivity index (χ1n) is 5.56. The Hall–Kier alpha value is 0.230. The van der Waals surface area contributed by atoms with Crippen molar-refractivity contribution < 1.29 is 4.79 Å². The Morgan fingerprint density at radius 3 is 2.56 bits per heavy atom. The first-order valence-corrected chi connectivity index (χ1v) is 8.05. The number of alkyl halides is 1. The minimum Gasteiger partial charge on any atom is -0.351 e. The number of hydrogen-bond donors (Lipinski definition) is 1. The highest BCUT2D eigenvalue weighted by molar-refractivity contribution is 9.09. The van der Waals surface area contributed by atoms with Gasteiger partial charge in [-0.15, -0.1) is 11.3 Å². The molecule has 0 aliphatic carbocycles. The molecule has 2 nitrogen and oxygen atoms in total. The third-order valence-corrected chi connectivity index (χ3v) is 4.35. The second kappa shape index (κ2) is 6.60. The zero-order valence-electron chi connectivity index (χ0n) is 10.5. The minimum absolute atomic E-state index is 0.179. The molecule has 0 aliphatic rings. The van der Waals surface area contributed by atoms with Crippen molar-refractivity contribution in [2.24, 2.45) is 5.41 Å². The number of carbonyl (C=O) groups is 1. The molecular formula is C12H16BrCl2NOS. The van der Waals surface area contributed by atoms with Crippen LogP contribution in [-0.4, -0.2) is 17.3 Å². The monoisotopic (exact) mass is 371 g/mol. The molecule has 1 aromatic heterocycles. The summed E-state index contributed by atoms with van der Waals surface area (Å²) in [6, 6.07) is 1.59. The van der Waals surface area contributed by atoms with Crippen LogP contribution in [-0.2, 0) is 0 Å². The van der Waals surface area contributed by atoms with Crippen molar-refractivity contribution in [2.75, 3.05) is 6.54 Å². The summed E-state index contributed by atoms with van der Waals surface area (Å²) >= 11 is 16.5. The van der Waals surface area contributed by atoms with Crippen LogP contribution in [0.3, 0.4) is 0 Å². The zero-order valence-corrected chi connectivity index (χ0v) is 14.4. The van der Waals surface area contributed by atoms with Crippen LogP contribution in [0.15, 0.2) is 6.07 Å². The van der Waals surface area contributed by atoms with E-state index in [2.05, 4.69) is 42.0 Å². The highest BCUT2D eigenvalue weighted by atomic mass is 79.9. The lowest BCUT2D eigenvalue weighted by Crippen LogP contribution is -2.31. The topological polar surface area (TPSA) is 29.1 Å². The van der Waals surface area contributed by atoms with Gasteiger partial charge in [-0.2, -0.15) is 0 Å². The third kappa shape index (κ3) is 5.47. The number of amides is 1. The first-order chi connectivity index (χ1) is 8.19. The summed E-state index contributed by atoms with van der Waals surface area (Å²) in [6.45, 7) is 7.07. The average Bonchev–Trinajstić information content (AvgIpc) is 2.52. The van der Waals surface area contributed by atoms with E-state index in [-0.39, 0.29) is 16.1 Å². The maximum atomic E-state index is 11.9. The standard InChI is InChI=1S/C12H16BrCl2NOS/c1-12(2,3)5-7(13)6-16-11(17)8-4-9(14)18-10(8)15/h4,7H,5-6H2,1-3H3,(H,16,17). The van der Waals surface area contributed by atoms with Crippen LogP contribution in [0.1, 0.15) is 37.6 Å². The van der Waals surface area contributed by atoms with Gasteiger partial charge < -0.3 is 5.32 Å². The fraction of sp³-hybridized carbons (Fsp3) is 0.583. The molecule has 0 saturated carbocycles. The van der Waals surface area contributed by atoms with Crippen molar-refractivity contribution >= 4 is 56.4 Å². The molecule has 1 rings (SSSR count). The summed E-state index contributed by atoms with van der Waals surface area (Å²) in [5.74, 6) is -0.179. The summed E-state index contributed by atoms with van der Waals surface area (Å²) in [4.78, 5) is 12.1. The molecule has 1 amide bonds. The summed E-state index contributed by atoms with van der Waals surface area (Å²) in [5, 5.41) is 2.85. The average molecular weight is 373 g/mol. The van der Waals surface area contributed by atoms with E-state index in [4.69, 9.17) is 23.2 Å². The maximum Gasteiger partial charge on any atom is 0.253 e. The van der Waals surface area contributed by atoms with Crippen LogP contribution >= 0.6 is 50.5 Å². The molecule has 6 heteroatoms. The molecule has 0 aliphatic heterocycles. The molecule has 0 saturated heterocycles. The van der Waals surface area contributed by atoms with Gasteiger partial charge in [-0.25, -0.2) is 0 Å². The molecule has 18 heavy (non-hydrogen) atoms. The Morgan fingerprint density at radius 1 is 1.50 bits per heavy atom. The van der Waals surface area contributed by atoms with Crippen molar-refractivity contribution in [1.82, 2.24) is 5.32 Å². The Kier molecular flexibility index (Phi) is 5.97. The van der Waals surface area contributed by atoms with E-state index in [0.29, 0.717) is 20.8 Å². The predicted molar refractivity (Wildman–Crippen MR) is 83.5 cm³/mol. The molecule has 1 aromatic rings. The Labute approximate surface area is 130 Å². The van der Waals surface area contributed by atoms with E-state index in [1.165, 1.54) is 11.3 Å². The lowest BCUT2D eigenvalue weighted by Gasteiger charge is -2.22. The SMILES string of the molecule is CC(C)(C)CC(Br)CNC(=O)c1cc(Cl)sc1Cl. The van der Waals surface area contributed by atoms with Gasteiger partial charge in [0, 0.05) is 11.4 Å². The van der Waals surface area contributed by atoms with Gasteiger partial charge in [0.25, 0.3) is 5.91 Å². The molecule has 0 radical (unpaired) electrons. The van der Waals surface area contributed by atoms with E-state index < -0.39 is 0 Å². The Morgan fingerprint density at radius 2 is 2.11 bits per heavy atom. The summed E-state index contributed by atoms with van der Waals surface area (Å²) < 4.78 is 0.953. The van der Waals surface area contributed by atoms with Crippen molar-refractivity contribution in [3.63, 3.8) is 0 Å². The summed E-state index contributed by atoms with van der Waals surface area (Å²) in [5.41, 5.74) is 0.671. The van der Waals surface area contributed by atoms with Crippen molar-refractivity contribution in [2.45, 2.75) is 32.0 Å². The fourth-order valence-electron chi connectivity index (χ4n) is 1.53. The van der Waals surface area contributed by atoms with Crippen LogP contribution in [0.2, 0.25) is 8.67 Å². The zero-order chi connectivity index (χ0) is 13.9. The molecule has 0 bridgehead atoms. The van der Waals surface area contributed by atoms with Crippen LogP contribution < -0.4 is 5.32 Å². The van der Waals surface area contributed by atoms with Crippen LogP contribution in [0.4, 0.5) is 0 Å². The normalized spacial score (nSPS) is 13.4. The molecular weight excluding hydrogens is 357 g/mol. The summed E-state index contributed by atoms with van der Waals surface area (Å²) in [6.07, 6.45) is 0.978. The van der Waals surface area contributed by atoms with Crippen molar-refractivity contribution in [1.29, 1.82) is 0 Å². The predicted octanol–water partition coefficient (Wildman–Crippen LogP) is 4.98. The van der Waals surface area contributed by atoms with Gasteiger partial charge in [-0.3, -0.25) is 4.79 Å². The highest BCUT2D eigenvalue weighted by Gasteiger charge is 2.19. The maximum absolute atomic E-state index is 11.9. The molecule has 0 aromatic carbocycles. The number of thiophene rings is 1. The lowest BCUT2D eigenvalue weighted by atomic mass is 9.90. The molecule has 0 spiro atoms. The molecule has 1 atom stereocenters. The Balaban J connectivity index is 2.49. The van der Waals surface area contributed by atoms with E-state index >= 15 is 0 Å².